The van der Waals surface area contributed by atoms with E-state index < -0.39 is 0 Å². The van der Waals surface area contributed by atoms with Gasteiger partial charge in [-0.05, 0) is 59.1 Å². The van der Waals surface area contributed by atoms with Crippen molar-refractivity contribution in [3.05, 3.63) is 69.2 Å². The van der Waals surface area contributed by atoms with Crippen molar-refractivity contribution in [3.63, 3.8) is 0 Å². The van der Waals surface area contributed by atoms with E-state index in [0.29, 0.717) is 29.2 Å². The second-order valence-corrected chi connectivity index (χ2v) is 7.32. The molecule has 1 heterocycles. The van der Waals surface area contributed by atoms with Crippen LogP contribution in [-0.2, 0) is 0 Å². The number of carbonyl (C=O) groups is 2. The third kappa shape index (κ3) is 4.41. The van der Waals surface area contributed by atoms with Crippen molar-refractivity contribution in [2.45, 2.75) is 18.9 Å². The third-order valence-corrected chi connectivity index (χ3v) is 5.23. The number of hydrogen-bond acceptors (Lipinski definition) is 2. The highest BCUT2D eigenvalue weighted by Crippen LogP contribution is 2.19. The Balaban J connectivity index is 1.56. The van der Waals surface area contributed by atoms with Crippen LogP contribution < -0.4 is 5.32 Å². The number of carbonyl (C=O) groups excluding carboxylic acids is 2. The van der Waals surface area contributed by atoms with Gasteiger partial charge in [-0.25, -0.2) is 0 Å². The van der Waals surface area contributed by atoms with Gasteiger partial charge in [0.15, 0.2) is 0 Å². The minimum absolute atomic E-state index is 0.0157. The van der Waals surface area contributed by atoms with Crippen LogP contribution in [0.3, 0.4) is 0 Å². The highest BCUT2D eigenvalue weighted by molar-refractivity contribution is 9.10. The second-order valence-electron chi connectivity index (χ2n) is 6.03. The van der Waals surface area contributed by atoms with E-state index in [2.05, 4.69) is 21.2 Å². The molecule has 0 saturated carbocycles. The van der Waals surface area contributed by atoms with Crippen molar-refractivity contribution in [1.29, 1.82) is 0 Å². The van der Waals surface area contributed by atoms with Gasteiger partial charge in [0.05, 0.1) is 5.56 Å². The van der Waals surface area contributed by atoms with Crippen LogP contribution in [0.1, 0.15) is 33.6 Å². The Bertz CT molecular complexity index is 788. The average molecular weight is 422 g/mol. The first-order valence-electron chi connectivity index (χ1n) is 8.15. The first-order chi connectivity index (χ1) is 12.0. The predicted octanol–water partition coefficient (Wildman–Crippen LogP) is 4.14. The molecule has 25 heavy (non-hydrogen) atoms. The van der Waals surface area contributed by atoms with Gasteiger partial charge in [0.1, 0.15) is 0 Å². The fraction of sp³-hybridized carbons (Fsp3) is 0.263. The van der Waals surface area contributed by atoms with Crippen molar-refractivity contribution >= 4 is 39.3 Å². The SMILES string of the molecule is O=C(NC1CCN(C(=O)c2cccc(Cl)c2)CC1)c1ccccc1Br. The van der Waals surface area contributed by atoms with Crippen LogP contribution in [0, 0.1) is 0 Å². The van der Waals surface area contributed by atoms with Gasteiger partial charge in [-0.3, -0.25) is 9.59 Å². The molecule has 0 atom stereocenters. The summed E-state index contributed by atoms with van der Waals surface area (Å²) < 4.78 is 0.779. The van der Waals surface area contributed by atoms with Crippen molar-refractivity contribution in [1.82, 2.24) is 10.2 Å². The molecule has 0 aliphatic carbocycles. The lowest BCUT2D eigenvalue weighted by molar-refractivity contribution is 0.0698. The fourth-order valence-electron chi connectivity index (χ4n) is 2.94. The summed E-state index contributed by atoms with van der Waals surface area (Å²) in [5.74, 6) is -0.106. The number of nitrogens with one attached hydrogen (secondary N) is 1. The number of piperidine rings is 1. The predicted molar refractivity (Wildman–Crippen MR) is 102 cm³/mol. The van der Waals surface area contributed by atoms with Gasteiger partial charge >= 0.3 is 0 Å². The summed E-state index contributed by atoms with van der Waals surface area (Å²) in [5, 5.41) is 3.61. The van der Waals surface area contributed by atoms with Crippen LogP contribution in [0.5, 0.6) is 0 Å². The molecule has 0 radical (unpaired) electrons. The first kappa shape index (κ1) is 18.0. The van der Waals surface area contributed by atoms with E-state index in [9.17, 15) is 9.59 Å². The topological polar surface area (TPSA) is 49.4 Å². The van der Waals surface area contributed by atoms with E-state index in [1.165, 1.54) is 0 Å². The molecule has 4 nitrogen and oxygen atoms in total. The Morgan fingerprint density at radius 3 is 2.48 bits per heavy atom. The van der Waals surface area contributed by atoms with Gasteiger partial charge in [0.25, 0.3) is 11.8 Å². The van der Waals surface area contributed by atoms with Crippen molar-refractivity contribution in [2.75, 3.05) is 13.1 Å². The molecule has 1 saturated heterocycles. The zero-order valence-electron chi connectivity index (χ0n) is 13.5. The molecule has 1 fully saturated rings. The summed E-state index contributed by atoms with van der Waals surface area (Å²) in [6, 6.07) is 14.4. The summed E-state index contributed by atoms with van der Waals surface area (Å²) in [4.78, 5) is 26.7. The summed E-state index contributed by atoms with van der Waals surface area (Å²) in [6.07, 6.45) is 1.48. The van der Waals surface area contributed by atoms with Crippen molar-refractivity contribution in [3.8, 4) is 0 Å². The van der Waals surface area contributed by atoms with E-state index in [1.807, 2.05) is 23.1 Å². The Kier molecular flexibility index (Phi) is 5.76. The van der Waals surface area contributed by atoms with E-state index >= 15 is 0 Å². The molecule has 0 unspecified atom stereocenters. The Labute approximate surface area is 160 Å². The Morgan fingerprint density at radius 2 is 1.80 bits per heavy atom. The first-order valence-corrected chi connectivity index (χ1v) is 9.32. The van der Waals surface area contributed by atoms with Gasteiger partial charge in [-0.1, -0.05) is 29.8 Å². The molecular weight excluding hydrogens is 404 g/mol. The van der Waals surface area contributed by atoms with Gasteiger partial charge in [-0.2, -0.15) is 0 Å². The van der Waals surface area contributed by atoms with Crippen molar-refractivity contribution in [2.24, 2.45) is 0 Å². The van der Waals surface area contributed by atoms with Crippen LogP contribution in [0.4, 0.5) is 0 Å². The number of likely N-dealkylation sites (tertiary alicyclic amines) is 1. The summed E-state index contributed by atoms with van der Waals surface area (Å²) in [7, 11) is 0. The maximum Gasteiger partial charge on any atom is 0.253 e. The fourth-order valence-corrected chi connectivity index (χ4v) is 3.59. The molecule has 2 amide bonds. The Hall–Kier alpha value is -1.85. The molecule has 2 aromatic rings. The second kappa shape index (κ2) is 8.02. The zero-order valence-corrected chi connectivity index (χ0v) is 15.9. The number of rotatable bonds is 3. The summed E-state index contributed by atoms with van der Waals surface area (Å²) >= 11 is 9.35. The van der Waals surface area contributed by atoms with Gasteiger partial charge in [0.2, 0.25) is 0 Å². The largest absolute Gasteiger partial charge is 0.349 e. The smallest absolute Gasteiger partial charge is 0.253 e. The van der Waals surface area contributed by atoms with Crippen LogP contribution in [0.2, 0.25) is 5.02 Å². The van der Waals surface area contributed by atoms with E-state index in [1.54, 1.807) is 30.3 Å². The maximum absolute atomic E-state index is 12.5. The minimum atomic E-state index is -0.0907. The van der Waals surface area contributed by atoms with E-state index in [0.717, 1.165) is 17.3 Å². The molecule has 1 N–H and O–H groups in total. The van der Waals surface area contributed by atoms with Gasteiger partial charge < -0.3 is 10.2 Å². The standard InChI is InChI=1S/C19H18BrClN2O2/c20-17-7-2-1-6-16(17)18(24)22-15-8-10-23(11-9-15)19(25)13-4-3-5-14(21)12-13/h1-7,12,15H,8-11H2,(H,22,24). The number of nitrogens with zero attached hydrogens (tertiary/aromatic N) is 1. The lowest BCUT2D eigenvalue weighted by Crippen LogP contribution is -2.46. The van der Waals surface area contributed by atoms with Crippen LogP contribution >= 0.6 is 27.5 Å². The lowest BCUT2D eigenvalue weighted by Gasteiger charge is -2.32. The molecule has 1 aliphatic heterocycles. The molecule has 0 spiro atoms. The average Bonchev–Trinajstić information content (AvgIpc) is 2.62. The summed E-state index contributed by atoms with van der Waals surface area (Å²) in [5.41, 5.74) is 1.23. The molecule has 6 heteroatoms. The highest BCUT2D eigenvalue weighted by Gasteiger charge is 2.25. The van der Waals surface area contributed by atoms with E-state index in [-0.39, 0.29) is 17.9 Å². The van der Waals surface area contributed by atoms with Crippen LogP contribution in [0.15, 0.2) is 53.0 Å². The lowest BCUT2D eigenvalue weighted by atomic mass is 10.0. The van der Waals surface area contributed by atoms with Gasteiger partial charge in [-0.15, -0.1) is 0 Å². The minimum Gasteiger partial charge on any atom is -0.349 e. The van der Waals surface area contributed by atoms with Crippen LogP contribution in [0.25, 0.3) is 0 Å². The molecule has 2 aromatic carbocycles. The van der Waals surface area contributed by atoms with Crippen molar-refractivity contribution < 1.29 is 9.59 Å². The number of hydrogen-bond donors (Lipinski definition) is 1. The van der Waals surface area contributed by atoms with E-state index in [4.69, 9.17) is 11.6 Å². The number of benzene rings is 2. The molecule has 3 rings (SSSR count). The molecule has 1 aliphatic rings. The molecule has 130 valence electrons. The molecular formula is C19H18BrClN2O2. The molecule has 0 aromatic heterocycles. The van der Waals surface area contributed by atoms with Gasteiger partial charge in [0, 0.05) is 34.2 Å². The Morgan fingerprint density at radius 1 is 1.08 bits per heavy atom. The zero-order chi connectivity index (χ0) is 17.8. The normalized spacial score (nSPS) is 15.0. The monoisotopic (exact) mass is 420 g/mol. The highest BCUT2D eigenvalue weighted by atomic mass is 79.9. The summed E-state index contributed by atoms with van der Waals surface area (Å²) in [6.45, 7) is 1.23. The quantitative estimate of drug-likeness (QED) is 0.810. The maximum atomic E-state index is 12.5. The number of amides is 2. The molecule has 0 bridgehead atoms. The number of halogens is 2. The third-order valence-electron chi connectivity index (χ3n) is 4.31. The van der Waals surface area contributed by atoms with Crippen LogP contribution in [-0.4, -0.2) is 35.8 Å².